The van der Waals surface area contributed by atoms with Crippen LogP contribution in [0.2, 0.25) is 0 Å². The summed E-state index contributed by atoms with van der Waals surface area (Å²) in [5.74, 6) is 0.403. The molecule has 3 aromatic carbocycles. The second-order valence-electron chi connectivity index (χ2n) is 9.27. The van der Waals surface area contributed by atoms with Gasteiger partial charge in [-0.25, -0.2) is 0 Å². The smallest absolute Gasteiger partial charge is 0.163 e. The van der Waals surface area contributed by atoms with Gasteiger partial charge in [0, 0.05) is 36.5 Å². The summed E-state index contributed by atoms with van der Waals surface area (Å²) < 4.78 is 5.50. The minimum Gasteiger partial charge on any atom is -0.378 e. The van der Waals surface area contributed by atoms with Crippen molar-refractivity contribution in [3.8, 4) is 0 Å². The van der Waals surface area contributed by atoms with Gasteiger partial charge in [-0.05, 0) is 47.7 Å². The lowest BCUT2D eigenvalue weighted by molar-refractivity contribution is -0.116. The monoisotopic (exact) mass is 451 g/mol. The van der Waals surface area contributed by atoms with Crippen molar-refractivity contribution in [2.24, 2.45) is 0 Å². The molecule has 3 aromatic rings. The van der Waals surface area contributed by atoms with E-state index in [1.807, 2.05) is 18.2 Å². The van der Waals surface area contributed by atoms with E-state index in [0.717, 1.165) is 60.9 Å². The maximum atomic E-state index is 13.7. The number of nitrogens with one attached hydrogen (secondary N) is 2. The van der Waals surface area contributed by atoms with Crippen LogP contribution in [-0.2, 0) is 9.53 Å². The molecule has 5 heteroatoms. The minimum absolute atomic E-state index is 0.186. The van der Waals surface area contributed by atoms with Crippen LogP contribution < -0.4 is 15.5 Å². The summed E-state index contributed by atoms with van der Waals surface area (Å²) >= 11 is 0. The first-order valence-corrected chi connectivity index (χ1v) is 12.1. The molecule has 172 valence electrons. The summed E-state index contributed by atoms with van der Waals surface area (Å²) in [4.78, 5) is 16.0. The summed E-state index contributed by atoms with van der Waals surface area (Å²) in [5.41, 5.74) is 7.46. The Hall–Kier alpha value is -3.57. The molecular formula is C29H29N3O2. The van der Waals surface area contributed by atoms with Gasteiger partial charge in [-0.3, -0.25) is 4.79 Å². The van der Waals surface area contributed by atoms with Crippen molar-refractivity contribution in [1.82, 2.24) is 0 Å². The van der Waals surface area contributed by atoms with Gasteiger partial charge < -0.3 is 20.3 Å². The molecule has 2 atom stereocenters. The Labute approximate surface area is 200 Å². The molecule has 0 aromatic heterocycles. The van der Waals surface area contributed by atoms with Gasteiger partial charge in [0.1, 0.15) is 0 Å². The van der Waals surface area contributed by atoms with E-state index in [4.69, 9.17) is 4.74 Å². The Bertz CT molecular complexity index is 1210. The van der Waals surface area contributed by atoms with Crippen molar-refractivity contribution < 1.29 is 9.53 Å². The van der Waals surface area contributed by atoms with Crippen LogP contribution in [0.1, 0.15) is 35.9 Å². The van der Waals surface area contributed by atoms with E-state index >= 15 is 0 Å². The number of morpholine rings is 1. The quantitative estimate of drug-likeness (QED) is 0.551. The number of carbonyl (C=O) groups is 1. The van der Waals surface area contributed by atoms with E-state index in [0.29, 0.717) is 6.42 Å². The molecular weight excluding hydrogens is 422 g/mol. The van der Waals surface area contributed by atoms with Crippen LogP contribution >= 0.6 is 0 Å². The van der Waals surface area contributed by atoms with Crippen LogP contribution in [-0.4, -0.2) is 32.1 Å². The number of para-hydroxylation sites is 2. The van der Waals surface area contributed by atoms with Crippen molar-refractivity contribution in [1.29, 1.82) is 0 Å². The van der Waals surface area contributed by atoms with Gasteiger partial charge in [-0.15, -0.1) is 0 Å². The molecule has 0 amide bonds. The average Bonchev–Trinajstić information content (AvgIpc) is 3.07. The number of Topliss-reactive ketones (excluding diaryl/α,β-unsaturated/α-hetero) is 1. The minimum atomic E-state index is -0.186. The number of fused-ring (bicyclic) bond motifs is 1. The average molecular weight is 452 g/mol. The SMILES string of the molecule is O=C1CC(c2ccccc2)CC2=C1C(c1ccc(N3CCOCC3)cc1)Nc1ccccc1N2. The number of hydrogen-bond acceptors (Lipinski definition) is 5. The van der Waals surface area contributed by atoms with Crippen molar-refractivity contribution >= 4 is 22.8 Å². The molecule has 6 rings (SSSR count). The summed E-state index contributed by atoms with van der Waals surface area (Å²) in [6.07, 6.45) is 1.36. The molecule has 3 aliphatic rings. The van der Waals surface area contributed by atoms with E-state index in [1.54, 1.807) is 0 Å². The highest BCUT2D eigenvalue weighted by molar-refractivity contribution is 6.01. The van der Waals surface area contributed by atoms with Crippen LogP contribution in [0.25, 0.3) is 0 Å². The molecule has 5 nitrogen and oxygen atoms in total. The zero-order valence-corrected chi connectivity index (χ0v) is 19.2. The highest BCUT2D eigenvalue weighted by Gasteiger charge is 2.36. The molecule has 0 spiro atoms. The van der Waals surface area contributed by atoms with Gasteiger partial charge in [-0.1, -0.05) is 54.6 Å². The Morgan fingerprint density at radius 1 is 0.765 bits per heavy atom. The van der Waals surface area contributed by atoms with Crippen molar-refractivity contribution in [2.75, 3.05) is 41.8 Å². The standard InChI is InChI=1S/C29H29N3O2/c33-27-19-22(20-6-2-1-3-7-20)18-26-28(27)29(31-25-9-5-4-8-24(25)30-26)21-10-12-23(13-11-21)32-14-16-34-17-15-32/h1-13,22,29-31H,14-19H2. The van der Waals surface area contributed by atoms with E-state index in [1.165, 1.54) is 11.3 Å². The maximum absolute atomic E-state index is 13.7. The fourth-order valence-electron chi connectivity index (χ4n) is 5.40. The molecule has 2 unspecified atom stereocenters. The normalized spacial score (nSPS) is 22.2. The third-order valence-corrected chi connectivity index (χ3v) is 7.18. The molecule has 0 saturated carbocycles. The van der Waals surface area contributed by atoms with Gasteiger partial charge >= 0.3 is 0 Å². The molecule has 0 bridgehead atoms. The highest BCUT2D eigenvalue weighted by atomic mass is 16.5. The molecule has 2 N–H and O–H groups in total. The molecule has 2 heterocycles. The number of carbonyl (C=O) groups excluding carboxylic acids is 1. The zero-order valence-electron chi connectivity index (χ0n) is 19.2. The topological polar surface area (TPSA) is 53.6 Å². The fraction of sp³-hybridized carbons (Fsp3) is 0.276. The fourth-order valence-corrected chi connectivity index (χ4v) is 5.40. The lowest BCUT2D eigenvalue weighted by atomic mass is 9.78. The number of ether oxygens (including phenoxy) is 1. The Morgan fingerprint density at radius 2 is 1.47 bits per heavy atom. The van der Waals surface area contributed by atoms with Crippen LogP contribution in [0.3, 0.4) is 0 Å². The summed E-state index contributed by atoms with van der Waals surface area (Å²) in [7, 11) is 0. The predicted molar refractivity (Wildman–Crippen MR) is 136 cm³/mol. The van der Waals surface area contributed by atoms with Crippen LogP contribution in [0.4, 0.5) is 17.1 Å². The first kappa shape index (κ1) is 21.0. The number of benzene rings is 3. The van der Waals surface area contributed by atoms with E-state index in [2.05, 4.69) is 76.2 Å². The van der Waals surface area contributed by atoms with Crippen molar-refractivity contribution in [3.63, 3.8) is 0 Å². The second kappa shape index (κ2) is 8.99. The third kappa shape index (κ3) is 3.97. The first-order chi connectivity index (χ1) is 16.8. The lowest BCUT2D eigenvalue weighted by Crippen LogP contribution is -2.36. The summed E-state index contributed by atoms with van der Waals surface area (Å²) in [6, 6.07) is 27.1. The highest BCUT2D eigenvalue weighted by Crippen LogP contribution is 2.44. The molecule has 0 radical (unpaired) electrons. The van der Waals surface area contributed by atoms with Gasteiger partial charge in [-0.2, -0.15) is 0 Å². The maximum Gasteiger partial charge on any atom is 0.163 e. The summed E-state index contributed by atoms with van der Waals surface area (Å²) in [5, 5.41) is 7.31. The number of anilines is 3. The van der Waals surface area contributed by atoms with Gasteiger partial charge in [0.25, 0.3) is 0 Å². The molecule has 2 aliphatic heterocycles. The Balaban J connectivity index is 1.38. The Morgan fingerprint density at radius 3 is 2.24 bits per heavy atom. The lowest BCUT2D eigenvalue weighted by Gasteiger charge is -2.31. The van der Waals surface area contributed by atoms with Gasteiger partial charge in [0.2, 0.25) is 0 Å². The second-order valence-corrected chi connectivity index (χ2v) is 9.27. The molecule has 1 saturated heterocycles. The summed E-state index contributed by atoms with van der Waals surface area (Å²) in [6.45, 7) is 3.35. The van der Waals surface area contributed by atoms with Crippen LogP contribution in [0, 0.1) is 0 Å². The van der Waals surface area contributed by atoms with Gasteiger partial charge in [0.15, 0.2) is 5.78 Å². The number of hydrogen-bond donors (Lipinski definition) is 2. The number of rotatable bonds is 3. The number of ketones is 1. The van der Waals surface area contributed by atoms with Gasteiger partial charge in [0.05, 0.1) is 30.6 Å². The van der Waals surface area contributed by atoms with Crippen molar-refractivity contribution in [3.05, 3.63) is 101 Å². The number of allylic oxidation sites excluding steroid dienone is 1. The van der Waals surface area contributed by atoms with Crippen molar-refractivity contribution in [2.45, 2.75) is 24.8 Å². The predicted octanol–water partition coefficient (Wildman–Crippen LogP) is 5.50. The van der Waals surface area contributed by atoms with E-state index in [9.17, 15) is 4.79 Å². The zero-order chi connectivity index (χ0) is 22.9. The Kier molecular flexibility index (Phi) is 5.55. The molecule has 34 heavy (non-hydrogen) atoms. The largest absolute Gasteiger partial charge is 0.378 e. The van der Waals surface area contributed by atoms with Crippen LogP contribution in [0.15, 0.2) is 90.1 Å². The number of nitrogens with zero attached hydrogens (tertiary/aromatic N) is 1. The third-order valence-electron chi connectivity index (χ3n) is 7.18. The first-order valence-electron chi connectivity index (χ1n) is 12.1. The molecule has 1 aliphatic carbocycles. The van der Waals surface area contributed by atoms with E-state index in [-0.39, 0.29) is 17.7 Å². The van der Waals surface area contributed by atoms with Crippen LogP contribution in [0.5, 0.6) is 0 Å². The molecule has 1 fully saturated rings. The van der Waals surface area contributed by atoms with E-state index < -0.39 is 0 Å².